The SMILES string of the molecule is O=c1ccc2ccc(CN3CCN(c4ccc(F)c(C(F)(F)F)c4)CC3)cc2o1. The summed E-state index contributed by atoms with van der Waals surface area (Å²) in [6.45, 7) is 3.00. The molecule has 0 N–H and O–H groups in total. The van der Waals surface area contributed by atoms with Crippen molar-refractivity contribution in [3.05, 3.63) is 75.9 Å². The van der Waals surface area contributed by atoms with Crippen LogP contribution in [0.25, 0.3) is 11.0 Å². The summed E-state index contributed by atoms with van der Waals surface area (Å²) in [6, 6.07) is 11.9. The van der Waals surface area contributed by atoms with E-state index in [2.05, 4.69) is 4.90 Å². The Morgan fingerprint density at radius 1 is 0.931 bits per heavy atom. The molecule has 2 heterocycles. The predicted octanol–water partition coefficient (Wildman–Crippen LogP) is 4.27. The highest BCUT2D eigenvalue weighted by molar-refractivity contribution is 5.76. The summed E-state index contributed by atoms with van der Waals surface area (Å²) in [6.07, 6.45) is -4.72. The lowest BCUT2D eigenvalue weighted by Crippen LogP contribution is -2.46. The number of nitrogens with zero attached hydrogens (tertiary/aromatic N) is 2. The molecule has 29 heavy (non-hydrogen) atoms. The molecule has 4 rings (SSSR count). The van der Waals surface area contributed by atoms with E-state index in [9.17, 15) is 22.4 Å². The zero-order chi connectivity index (χ0) is 20.6. The van der Waals surface area contributed by atoms with Crippen molar-refractivity contribution in [3.8, 4) is 0 Å². The summed E-state index contributed by atoms with van der Waals surface area (Å²) in [7, 11) is 0. The molecule has 3 aromatic rings. The maximum absolute atomic E-state index is 13.5. The Hall–Kier alpha value is -2.87. The summed E-state index contributed by atoms with van der Waals surface area (Å²) >= 11 is 0. The Morgan fingerprint density at radius 3 is 2.38 bits per heavy atom. The fraction of sp³-hybridized carbons (Fsp3) is 0.286. The first-order chi connectivity index (χ1) is 13.8. The summed E-state index contributed by atoms with van der Waals surface area (Å²) in [5.41, 5.74) is 0.239. The third-order valence-electron chi connectivity index (χ3n) is 5.09. The van der Waals surface area contributed by atoms with Gasteiger partial charge >= 0.3 is 11.8 Å². The molecule has 4 nitrogen and oxygen atoms in total. The van der Waals surface area contributed by atoms with Crippen molar-refractivity contribution in [2.24, 2.45) is 0 Å². The number of anilines is 1. The zero-order valence-electron chi connectivity index (χ0n) is 15.4. The lowest BCUT2D eigenvalue weighted by molar-refractivity contribution is -0.139. The van der Waals surface area contributed by atoms with Gasteiger partial charge in [-0.2, -0.15) is 13.2 Å². The quantitative estimate of drug-likeness (QED) is 0.481. The lowest BCUT2D eigenvalue weighted by Gasteiger charge is -2.36. The van der Waals surface area contributed by atoms with Crippen molar-refractivity contribution in [3.63, 3.8) is 0 Å². The van der Waals surface area contributed by atoms with E-state index >= 15 is 0 Å². The standard InChI is InChI=1S/C21H18F4N2O2/c22-18-5-4-16(12-17(18)21(23,24)25)27-9-7-26(8-10-27)13-14-1-2-15-3-6-20(28)29-19(15)11-14/h1-6,11-12H,7-10,13H2. The van der Waals surface area contributed by atoms with Gasteiger partial charge in [-0.05, 0) is 35.9 Å². The van der Waals surface area contributed by atoms with E-state index < -0.39 is 23.2 Å². The Kier molecular flexibility index (Phi) is 5.04. The second-order valence-corrected chi connectivity index (χ2v) is 7.05. The molecule has 1 saturated heterocycles. The maximum atomic E-state index is 13.5. The molecular formula is C21H18F4N2O2. The molecule has 0 radical (unpaired) electrons. The van der Waals surface area contributed by atoms with E-state index in [1.807, 2.05) is 23.1 Å². The molecule has 0 spiro atoms. The highest BCUT2D eigenvalue weighted by Gasteiger charge is 2.34. The van der Waals surface area contributed by atoms with Crippen LogP contribution in [0, 0.1) is 5.82 Å². The molecule has 0 aliphatic carbocycles. The largest absolute Gasteiger partial charge is 0.423 e. The summed E-state index contributed by atoms with van der Waals surface area (Å²) in [5, 5.41) is 0.843. The van der Waals surface area contributed by atoms with Crippen LogP contribution in [-0.2, 0) is 12.7 Å². The Balaban J connectivity index is 1.43. The van der Waals surface area contributed by atoms with Gasteiger partial charge in [0.2, 0.25) is 0 Å². The minimum atomic E-state index is -4.72. The highest BCUT2D eigenvalue weighted by atomic mass is 19.4. The number of halogens is 4. The zero-order valence-corrected chi connectivity index (χ0v) is 15.4. The van der Waals surface area contributed by atoms with E-state index in [-0.39, 0.29) is 0 Å². The molecule has 0 atom stereocenters. The lowest BCUT2D eigenvalue weighted by atomic mass is 10.1. The van der Waals surface area contributed by atoms with E-state index in [1.165, 1.54) is 12.1 Å². The van der Waals surface area contributed by atoms with Crippen LogP contribution < -0.4 is 10.5 Å². The molecule has 1 aromatic heterocycles. The molecule has 0 unspecified atom stereocenters. The first-order valence-corrected chi connectivity index (χ1v) is 9.16. The van der Waals surface area contributed by atoms with Crippen molar-refractivity contribution in [2.45, 2.75) is 12.7 Å². The number of rotatable bonds is 3. The Labute approximate surface area is 164 Å². The van der Waals surface area contributed by atoms with Gasteiger partial charge in [-0.1, -0.05) is 12.1 Å². The summed E-state index contributed by atoms with van der Waals surface area (Å²) < 4.78 is 57.5. The number of alkyl halides is 3. The molecule has 2 aromatic carbocycles. The first-order valence-electron chi connectivity index (χ1n) is 9.16. The molecule has 8 heteroatoms. The number of hydrogen-bond acceptors (Lipinski definition) is 4. The van der Waals surface area contributed by atoms with Gasteiger partial charge in [-0.3, -0.25) is 4.90 Å². The van der Waals surface area contributed by atoms with Gasteiger partial charge in [0.25, 0.3) is 0 Å². The van der Waals surface area contributed by atoms with Gasteiger partial charge in [0.05, 0.1) is 5.56 Å². The molecule has 0 amide bonds. The van der Waals surface area contributed by atoms with Crippen LogP contribution in [0.3, 0.4) is 0 Å². The maximum Gasteiger partial charge on any atom is 0.419 e. The summed E-state index contributed by atoms with van der Waals surface area (Å²) in [4.78, 5) is 15.4. The van der Waals surface area contributed by atoms with E-state index in [1.54, 1.807) is 6.07 Å². The normalized spacial score (nSPS) is 15.8. The van der Waals surface area contributed by atoms with Crippen LogP contribution in [0.1, 0.15) is 11.1 Å². The Morgan fingerprint density at radius 2 is 1.66 bits per heavy atom. The van der Waals surface area contributed by atoms with Crippen LogP contribution in [0.15, 0.2) is 57.7 Å². The van der Waals surface area contributed by atoms with Crippen LogP contribution >= 0.6 is 0 Å². The van der Waals surface area contributed by atoms with Crippen molar-refractivity contribution in [1.82, 2.24) is 4.90 Å². The van der Waals surface area contributed by atoms with E-state index in [0.717, 1.165) is 23.1 Å². The molecule has 1 aliphatic heterocycles. The average molecular weight is 406 g/mol. The molecule has 1 fully saturated rings. The van der Waals surface area contributed by atoms with Crippen molar-refractivity contribution < 1.29 is 22.0 Å². The molecule has 0 saturated carbocycles. The molecule has 0 bridgehead atoms. The minimum absolute atomic E-state index is 0.367. The van der Waals surface area contributed by atoms with Crippen molar-refractivity contribution >= 4 is 16.7 Å². The Bertz CT molecular complexity index is 1090. The van der Waals surface area contributed by atoms with Crippen LogP contribution in [0.5, 0.6) is 0 Å². The predicted molar refractivity (Wildman–Crippen MR) is 101 cm³/mol. The minimum Gasteiger partial charge on any atom is -0.423 e. The van der Waals surface area contributed by atoms with Crippen molar-refractivity contribution in [2.75, 3.05) is 31.1 Å². The third-order valence-corrected chi connectivity index (χ3v) is 5.09. The van der Waals surface area contributed by atoms with Gasteiger partial charge in [0.1, 0.15) is 11.4 Å². The topological polar surface area (TPSA) is 36.7 Å². The van der Waals surface area contributed by atoms with E-state index in [0.29, 0.717) is 44.0 Å². The fourth-order valence-corrected chi connectivity index (χ4v) is 3.55. The van der Waals surface area contributed by atoms with Crippen molar-refractivity contribution in [1.29, 1.82) is 0 Å². The number of hydrogen-bond donors (Lipinski definition) is 0. The number of benzene rings is 2. The van der Waals surface area contributed by atoms with Gasteiger partial charge in [0.15, 0.2) is 0 Å². The van der Waals surface area contributed by atoms with Crippen LogP contribution in [0.2, 0.25) is 0 Å². The monoisotopic (exact) mass is 406 g/mol. The second-order valence-electron chi connectivity index (χ2n) is 7.05. The number of fused-ring (bicyclic) bond motifs is 1. The van der Waals surface area contributed by atoms with Gasteiger partial charge in [0, 0.05) is 49.9 Å². The molecule has 152 valence electrons. The summed E-state index contributed by atoms with van der Waals surface area (Å²) in [5.74, 6) is -1.26. The van der Waals surface area contributed by atoms with Gasteiger partial charge < -0.3 is 9.32 Å². The number of piperazine rings is 1. The van der Waals surface area contributed by atoms with Gasteiger partial charge in [-0.25, -0.2) is 9.18 Å². The van der Waals surface area contributed by atoms with Gasteiger partial charge in [-0.15, -0.1) is 0 Å². The average Bonchev–Trinajstić information content (AvgIpc) is 2.68. The molecular weight excluding hydrogens is 388 g/mol. The van der Waals surface area contributed by atoms with Crippen LogP contribution in [0.4, 0.5) is 23.2 Å². The second kappa shape index (κ2) is 7.51. The highest BCUT2D eigenvalue weighted by Crippen LogP contribution is 2.34. The first kappa shape index (κ1) is 19.4. The van der Waals surface area contributed by atoms with Crippen LogP contribution in [-0.4, -0.2) is 31.1 Å². The van der Waals surface area contributed by atoms with E-state index in [4.69, 9.17) is 4.42 Å². The third kappa shape index (κ3) is 4.27. The fourth-order valence-electron chi connectivity index (χ4n) is 3.55. The molecule has 1 aliphatic rings. The smallest absolute Gasteiger partial charge is 0.419 e.